The Morgan fingerprint density at radius 2 is 1.50 bits per heavy atom. The van der Waals surface area contributed by atoms with Gasteiger partial charge in [-0.25, -0.2) is 0 Å². The SMILES string of the molecule is CC.CP(C)(=O)C(=O)c1ccccc1. The van der Waals surface area contributed by atoms with Crippen LogP contribution in [0.25, 0.3) is 0 Å². The van der Waals surface area contributed by atoms with E-state index < -0.39 is 7.14 Å². The summed E-state index contributed by atoms with van der Waals surface area (Å²) in [6.07, 6.45) is 0. The second-order valence-electron chi connectivity index (χ2n) is 3.02. The van der Waals surface area contributed by atoms with Gasteiger partial charge in [0.25, 0.3) is 0 Å². The molecule has 0 unspecified atom stereocenters. The van der Waals surface area contributed by atoms with Crippen molar-refractivity contribution < 1.29 is 9.36 Å². The van der Waals surface area contributed by atoms with E-state index in [-0.39, 0.29) is 5.52 Å². The van der Waals surface area contributed by atoms with Crippen LogP contribution in [0.4, 0.5) is 0 Å². The summed E-state index contributed by atoms with van der Waals surface area (Å²) in [5, 5.41) is 0. The van der Waals surface area contributed by atoms with Crippen molar-refractivity contribution in [3.05, 3.63) is 35.9 Å². The topological polar surface area (TPSA) is 34.1 Å². The minimum atomic E-state index is -2.62. The number of benzene rings is 1. The molecule has 1 aromatic rings. The van der Waals surface area contributed by atoms with Crippen molar-refractivity contribution in [2.75, 3.05) is 13.3 Å². The van der Waals surface area contributed by atoms with Gasteiger partial charge in [0, 0.05) is 5.56 Å². The zero-order valence-corrected chi connectivity index (χ0v) is 10.0. The normalized spacial score (nSPS) is 10.0. The summed E-state index contributed by atoms with van der Waals surface area (Å²) in [5.41, 5.74) is 0.286. The summed E-state index contributed by atoms with van der Waals surface area (Å²) >= 11 is 0. The maximum atomic E-state index is 11.4. The maximum absolute atomic E-state index is 11.4. The van der Waals surface area contributed by atoms with E-state index in [1.54, 1.807) is 24.3 Å². The van der Waals surface area contributed by atoms with Gasteiger partial charge in [-0.2, -0.15) is 0 Å². The Morgan fingerprint density at radius 3 is 1.86 bits per heavy atom. The molecule has 0 aromatic heterocycles. The number of hydrogen-bond donors (Lipinski definition) is 0. The van der Waals surface area contributed by atoms with Crippen molar-refractivity contribution in [1.82, 2.24) is 0 Å². The number of carbonyl (C=O) groups excluding carboxylic acids is 1. The molecule has 0 aliphatic carbocycles. The Bertz CT molecular complexity index is 324. The largest absolute Gasteiger partial charge is 0.316 e. The van der Waals surface area contributed by atoms with Crippen molar-refractivity contribution in [3.8, 4) is 0 Å². The smallest absolute Gasteiger partial charge is 0.220 e. The number of rotatable bonds is 2. The highest BCUT2D eigenvalue weighted by Crippen LogP contribution is 2.39. The lowest BCUT2D eigenvalue weighted by Crippen LogP contribution is -1.97. The lowest BCUT2D eigenvalue weighted by Gasteiger charge is -2.03. The van der Waals surface area contributed by atoms with E-state index in [2.05, 4.69) is 0 Å². The number of carbonyl (C=O) groups is 1. The molecule has 2 nitrogen and oxygen atoms in total. The Morgan fingerprint density at radius 1 is 1.07 bits per heavy atom. The van der Waals surface area contributed by atoms with Gasteiger partial charge in [0.05, 0.1) is 0 Å². The third kappa shape index (κ3) is 3.89. The van der Waals surface area contributed by atoms with Gasteiger partial charge in [-0.15, -0.1) is 0 Å². The van der Waals surface area contributed by atoms with E-state index in [0.29, 0.717) is 5.56 Å². The van der Waals surface area contributed by atoms with Crippen molar-refractivity contribution >= 4 is 12.7 Å². The summed E-state index contributed by atoms with van der Waals surface area (Å²) < 4.78 is 11.4. The molecule has 78 valence electrons. The summed E-state index contributed by atoms with van der Waals surface area (Å²) in [4.78, 5) is 11.4. The highest BCUT2D eigenvalue weighted by Gasteiger charge is 2.20. The van der Waals surface area contributed by atoms with Gasteiger partial charge < -0.3 is 4.57 Å². The quantitative estimate of drug-likeness (QED) is 0.703. The average molecular weight is 212 g/mol. The van der Waals surface area contributed by atoms with Crippen LogP contribution in [0.3, 0.4) is 0 Å². The molecule has 0 atom stereocenters. The maximum Gasteiger partial charge on any atom is 0.220 e. The summed E-state index contributed by atoms with van der Waals surface area (Å²) in [6, 6.07) is 8.72. The van der Waals surface area contributed by atoms with Gasteiger partial charge in [0.2, 0.25) is 5.52 Å². The van der Waals surface area contributed by atoms with Crippen molar-refractivity contribution in [2.24, 2.45) is 0 Å². The molecule has 0 aliphatic heterocycles. The zero-order valence-electron chi connectivity index (χ0n) is 9.15. The van der Waals surface area contributed by atoms with E-state index in [9.17, 15) is 9.36 Å². The average Bonchev–Trinajstić information content (AvgIpc) is 2.20. The van der Waals surface area contributed by atoms with Gasteiger partial charge >= 0.3 is 0 Å². The van der Waals surface area contributed by atoms with Gasteiger partial charge in [-0.1, -0.05) is 44.2 Å². The highest BCUT2D eigenvalue weighted by molar-refractivity contribution is 7.79. The molecular formula is C11H17O2P. The van der Waals surface area contributed by atoms with Gasteiger partial charge in [-0.3, -0.25) is 4.79 Å². The highest BCUT2D eigenvalue weighted by atomic mass is 31.2. The molecule has 0 spiro atoms. The minimum Gasteiger partial charge on any atom is -0.316 e. The fourth-order valence-electron chi connectivity index (χ4n) is 0.892. The van der Waals surface area contributed by atoms with Crippen LogP contribution in [-0.2, 0) is 4.57 Å². The van der Waals surface area contributed by atoms with E-state index in [1.807, 2.05) is 19.9 Å². The Balaban J connectivity index is 0.000000791. The van der Waals surface area contributed by atoms with Crippen LogP contribution >= 0.6 is 7.14 Å². The Kier molecular flexibility index (Phi) is 5.40. The predicted octanol–water partition coefficient (Wildman–Crippen LogP) is 3.48. The van der Waals surface area contributed by atoms with Crippen LogP contribution in [0.5, 0.6) is 0 Å². The molecule has 0 radical (unpaired) electrons. The molecule has 1 rings (SSSR count). The standard InChI is InChI=1S/C9H11O2P.C2H6/c1-12(2,11)9(10)8-6-4-3-5-7-8;1-2/h3-7H,1-2H3;1-2H3. The zero-order chi connectivity index (χ0) is 11.2. The lowest BCUT2D eigenvalue weighted by molar-refractivity contribution is 0.107. The molecule has 14 heavy (non-hydrogen) atoms. The third-order valence-corrected chi connectivity index (χ3v) is 2.75. The van der Waals surface area contributed by atoms with Gasteiger partial charge in [0.15, 0.2) is 0 Å². The third-order valence-electron chi connectivity index (χ3n) is 1.51. The molecule has 0 saturated heterocycles. The molecule has 3 heteroatoms. The molecule has 0 saturated carbocycles. The number of hydrogen-bond acceptors (Lipinski definition) is 2. The van der Waals surface area contributed by atoms with Crippen molar-refractivity contribution in [2.45, 2.75) is 13.8 Å². The second-order valence-corrected chi connectivity index (χ2v) is 6.13. The Hall–Kier alpha value is -0.880. The van der Waals surface area contributed by atoms with Gasteiger partial charge in [-0.05, 0) is 13.3 Å². The first-order chi connectivity index (χ1) is 6.52. The van der Waals surface area contributed by atoms with Gasteiger partial charge in [0.1, 0.15) is 7.14 Å². The molecule has 0 N–H and O–H groups in total. The molecule has 1 aromatic carbocycles. The van der Waals surface area contributed by atoms with E-state index in [0.717, 1.165) is 0 Å². The Labute approximate surface area is 85.7 Å². The van der Waals surface area contributed by atoms with Crippen molar-refractivity contribution in [3.63, 3.8) is 0 Å². The molecular weight excluding hydrogens is 195 g/mol. The summed E-state index contributed by atoms with van der Waals surface area (Å²) in [5.74, 6) is 0. The lowest BCUT2D eigenvalue weighted by atomic mass is 10.2. The van der Waals surface area contributed by atoms with E-state index >= 15 is 0 Å². The van der Waals surface area contributed by atoms with E-state index in [1.165, 1.54) is 13.3 Å². The van der Waals surface area contributed by atoms with Crippen LogP contribution in [-0.4, -0.2) is 18.9 Å². The van der Waals surface area contributed by atoms with Crippen LogP contribution in [0, 0.1) is 0 Å². The summed E-state index contributed by atoms with van der Waals surface area (Å²) in [6.45, 7) is 6.98. The summed E-state index contributed by atoms with van der Waals surface area (Å²) in [7, 11) is -2.62. The fourth-order valence-corrected chi connectivity index (χ4v) is 1.66. The second kappa shape index (κ2) is 5.77. The first-order valence-corrected chi connectivity index (χ1v) is 7.27. The molecule has 0 bridgehead atoms. The van der Waals surface area contributed by atoms with Crippen LogP contribution in [0.2, 0.25) is 0 Å². The van der Waals surface area contributed by atoms with Crippen LogP contribution in [0.1, 0.15) is 24.2 Å². The first-order valence-electron chi connectivity index (χ1n) is 4.67. The molecule has 0 fully saturated rings. The molecule has 0 heterocycles. The predicted molar refractivity (Wildman–Crippen MR) is 61.6 cm³/mol. The monoisotopic (exact) mass is 212 g/mol. The van der Waals surface area contributed by atoms with Crippen LogP contribution in [0.15, 0.2) is 30.3 Å². The minimum absolute atomic E-state index is 0.247. The van der Waals surface area contributed by atoms with Crippen molar-refractivity contribution in [1.29, 1.82) is 0 Å². The first kappa shape index (κ1) is 13.1. The van der Waals surface area contributed by atoms with E-state index in [4.69, 9.17) is 0 Å². The molecule has 0 aliphatic rings. The molecule has 0 amide bonds. The fraction of sp³-hybridized carbons (Fsp3) is 0.364. The van der Waals surface area contributed by atoms with Crippen LogP contribution < -0.4 is 0 Å².